The summed E-state index contributed by atoms with van der Waals surface area (Å²) >= 11 is 0. The smallest absolute Gasteiger partial charge is 0.222 e. The van der Waals surface area contributed by atoms with Crippen LogP contribution in [-0.2, 0) is 32.7 Å². The number of carbonyl (C=O) groups excluding carboxylic acids is 2. The van der Waals surface area contributed by atoms with E-state index in [9.17, 15) is 19.1 Å². The van der Waals surface area contributed by atoms with Crippen LogP contribution in [-0.4, -0.2) is 73.9 Å². The number of nitrogens with one attached hydrogen (secondary N) is 2. The third-order valence-electron chi connectivity index (χ3n) is 8.82. The zero-order chi connectivity index (χ0) is 31.5. The van der Waals surface area contributed by atoms with Crippen molar-refractivity contribution >= 4 is 11.8 Å². The lowest BCUT2D eigenvalue weighted by Gasteiger charge is -2.27. The van der Waals surface area contributed by atoms with Gasteiger partial charge < -0.3 is 30.1 Å². The van der Waals surface area contributed by atoms with E-state index < -0.39 is 18.0 Å². The van der Waals surface area contributed by atoms with E-state index in [0.29, 0.717) is 50.5 Å². The van der Waals surface area contributed by atoms with Gasteiger partial charge in [-0.3, -0.25) is 9.59 Å². The Kier molecular flexibility index (Phi) is 12.6. The number of hydrogen-bond donors (Lipinski definition) is 3. The Balaban J connectivity index is 1.52. The van der Waals surface area contributed by atoms with Crippen LogP contribution in [0.1, 0.15) is 75.5 Å². The van der Waals surface area contributed by atoms with Crippen molar-refractivity contribution in [2.75, 3.05) is 40.0 Å². The normalized spacial score (nSPS) is 22.1. The highest BCUT2D eigenvalue weighted by molar-refractivity contribution is 5.79. The van der Waals surface area contributed by atoms with Crippen LogP contribution in [0.4, 0.5) is 4.39 Å². The van der Waals surface area contributed by atoms with Gasteiger partial charge in [0.2, 0.25) is 11.8 Å². The topological polar surface area (TPSA) is 100 Å². The van der Waals surface area contributed by atoms with Gasteiger partial charge in [-0.25, -0.2) is 4.39 Å². The molecule has 1 saturated carbocycles. The number of nitrogens with zero attached hydrogens (tertiary/aromatic N) is 1. The molecule has 0 spiro atoms. The average molecular weight is 612 g/mol. The molecule has 0 aromatic heterocycles. The van der Waals surface area contributed by atoms with Gasteiger partial charge in [-0.1, -0.05) is 38.1 Å². The molecule has 4 rings (SSSR count). The summed E-state index contributed by atoms with van der Waals surface area (Å²) in [7, 11) is 1.63. The molecule has 44 heavy (non-hydrogen) atoms. The number of ether oxygens (including phenoxy) is 2. The van der Waals surface area contributed by atoms with Crippen LogP contribution in [0.25, 0.3) is 0 Å². The van der Waals surface area contributed by atoms with Gasteiger partial charge in [0.05, 0.1) is 25.4 Å². The number of rotatable bonds is 10. The number of carbonyl (C=O) groups is 2. The van der Waals surface area contributed by atoms with Crippen molar-refractivity contribution in [2.24, 2.45) is 5.92 Å². The van der Waals surface area contributed by atoms with Crippen molar-refractivity contribution in [3.8, 4) is 5.75 Å². The maximum absolute atomic E-state index is 14.8. The van der Waals surface area contributed by atoms with Crippen molar-refractivity contribution in [1.29, 1.82) is 0 Å². The van der Waals surface area contributed by atoms with E-state index in [1.807, 2.05) is 11.8 Å². The molecule has 1 fully saturated rings. The molecule has 3 unspecified atom stereocenters. The Morgan fingerprint density at radius 3 is 2.73 bits per heavy atom. The van der Waals surface area contributed by atoms with E-state index in [0.717, 1.165) is 25.7 Å². The predicted octanol–water partition coefficient (Wildman–Crippen LogP) is 4.51. The SMILES string of the molecule is CCCN1CCC(COC)COc2cc(F)cc(c2)CC(C(O)CNC2(c3cccc(CC)c3)CC2)NC(=O)CCCC1=O. The Labute approximate surface area is 261 Å². The minimum atomic E-state index is -0.923. The van der Waals surface area contributed by atoms with Gasteiger partial charge in [-0.05, 0) is 73.8 Å². The molecule has 0 saturated heterocycles. The van der Waals surface area contributed by atoms with Gasteiger partial charge >= 0.3 is 0 Å². The minimum Gasteiger partial charge on any atom is -0.493 e. The predicted molar refractivity (Wildman–Crippen MR) is 169 cm³/mol. The molecule has 2 aliphatic rings. The van der Waals surface area contributed by atoms with Crippen LogP contribution in [0.5, 0.6) is 5.75 Å². The van der Waals surface area contributed by atoms with Gasteiger partial charge in [-0.2, -0.15) is 0 Å². The third kappa shape index (κ3) is 9.74. The number of methoxy groups -OCH3 is 1. The summed E-state index contributed by atoms with van der Waals surface area (Å²) in [4.78, 5) is 28.0. The summed E-state index contributed by atoms with van der Waals surface area (Å²) in [6, 6.07) is 12.4. The van der Waals surface area contributed by atoms with E-state index in [-0.39, 0.29) is 49.1 Å². The lowest BCUT2D eigenvalue weighted by molar-refractivity contribution is -0.131. The summed E-state index contributed by atoms with van der Waals surface area (Å²) in [6.07, 6.45) is 4.59. The highest BCUT2D eigenvalue weighted by Gasteiger charge is 2.44. The van der Waals surface area contributed by atoms with Gasteiger partial charge in [0, 0.05) is 57.1 Å². The first kappa shape index (κ1) is 33.9. The zero-order valence-electron chi connectivity index (χ0n) is 26.6. The van der Waals surface area contributed by atoms with Crippen LogP contribution in [0.3, 0.4) is 0 Å². The molecule has 8 nitrogen and oxygen atoms in total. The molecule has 2 amide bonds. The molecule has 9 heteroatoms. The number of halogens is 1. The average Bonchev–Trinajstić information content (AvgIpc) is 3.80. The van der Waals surface area contributed by atoms with E-state index >= 15 is 0 Å². The van der Waals surface area contributed by atoms with Crippen LogP contribution in [0, 0.1) is 11.7 Å². The van der Waals surface area contributed by atoms with Crippen molar-refractivity contribution < 1.29 is 28.6 Å². The fourth-order valence-corrected chi connectivity index (χ4v) is 6.05. The van der Waals surface area contributed by atoms with Gasteiger partial charge in [-0.15, -0.1) is 0 Å². The summed E-state index contributed by atoms with van der Waals surface area (Å²) in [5.74, 6) is -0.247. The maximum Gasteiger partial charge on any atom is 0.222 e. The second-order valence-corrected chi connectivity index (χ2v) is 12.4. The van der Waals surface area contributed by atoms with Crippen LogP contribution in [0.15, 0.2) is 42.5 Å². The highest BCUT2D eigenvalue weighted by Crippen LogP contribution is 2.45. The molecule has 3 N–H and O–H groups in total. The Morgan fingerprint density at radius 2 is 2.00 bits per heavy atom. The van der Waals surface area contributed by atoms with Gasteiger partial charge in [0.15, 0.2) is 0 Å². The summed E-state index contributed by atoms with van der Waals surface area (Å²) in [6.45, 7) is 6.42. The molecular weight excluding hydrogens is 561 g/mol. The van der Waals surface area contributed by atoms with Crippen LogP contribution < -0.4 is 15.4 Å². The molecule has 1 heterocycles. The number of fused-ring (bicyclic) bond motifs is 2. The second-order valence-electron chi connectivity index (χ2n) is 12.4. The molecule has 0 radical (unpaired) electrons. The first-order valence-electron chi connectivity index (χ1n) is 16.3. The molecule has 1 aliphatic heterocycles. The third-order valence-corrected chi connectivity index (χ3v) is 8.82. The molecule has 3 atom stereocenters. The number of aliphatic hydroxyl groups excluding tert-OH is 1. The Hall–Kier alpha value is -3.01. The van der Waals surface area contributed by atoms with Crippen molar-refractivity contribution in [2.45, 2.75) is 89.3 Å². The monoisotopic (exact) mass is 611 g/mol. The van der Waals surface area contributed by atoms with E-state index in [1.54, 1.807) is 13.2 Å². The van der Waals surface area contributed by atoms with Gasteiger partial charge in [0.1, 0.15) is 11.6 Å². The van der Waals surface area contributed by atoms with Gasteiger partial charge in [0.25, 0.3) is 0 Å². The number of hydrogen-bond acceptors (Lipinski definition) is 6. The molecule has 1 aliphatic carbocycles. The van der Waals surface area contributed by atoms with Crippen molar-refractivity contribution in [1.82, 2.24) is 15.5 Å². The van der Waals surface area contributed by atoms with E-state index in [4.69, 9.17) is 9.47 Å². The Morgan fingerprint density at radius 1 is 1.18 bits per heavy atom. The fraction of sp³-hybridized carbons (Fsp3) is 0.600. The van der Waals surface area contributed by atoms with Crippen LogP contribution in [0.2, 0.25) is 0 Å². The number of aliphatic hydroxyl groups is 1. The number of amides is 2. The standard InChI is InChI=1S/C35H50FN3O5/c1-4-15-39-16-12-26(23-43-3)24-44-30-19-27(18-29(36)21-30)20-31(38-33(41)10-7-11-34(39)42)32(40)22-37-35(13-14-35)28-9-6-8-25(5-2)17-28/h6,8-9,17-19,21,26,31-32,37,40H,4-5,7,10-16,20,22-24H2,1-3H3,(H,38,41). The fourth-order valence-electron chi connectivity index (χ4n) is 6.05. The minimum absolute atomic E-state index is 0.0196. The first-order chi connectivity index (χ1) is 21.2. The highest BCUT2D eigenvalue weighted by atomic mass is 19.1. The zero-order valence-corrected chi connectivity index (χ0v) is 26.6. The summed E-state index contributed by atoms with van der Waals surface area (Å²) in [5, 5.41) is 18.0. The summed E-state index contributed by atoms with van der Waals surface area (Å²) in [5.41, 5.74) is 2.92. The molecule has 2 aromatic carbocycles. The lowest BCUT2D eigenvalue weighted by atomic mass is 9.98. The number of benzene rings is 2. The summed E-state index contributed by atoms with van der Waals surface area (Å²) < 4.78 is 26.2. The molecule has 2 aromatic rings. The second kappa shape index (κ2) is 16.3. The van der Waals surface area contributed by atoms with Crippen molar-refractivity contribution in [3.63, 3.8) is 0 Å². The molecule has 242 valence electrons. The number of aryl methyl sites for hydroxylation is 1. The molecular formula is C35H50FN3O5. The maximum atomic E-state index is 14.8. The largest absolute Gasteiger partial charge is 0.493 e. The Bertz CT molecular complexity index is 1240. The van der Waals surface area contributed by atoms with Crippen molar-refractivity contribution in [3.05, 3.63) is 65.0 Å². The van der Waals surface area contributed by atoms with E-state index in [1.165, 1.54) is 23.3 Å². The van der Waals surface area contributed by atoms with Crippen LogP contribution >= 0.6 is 0 Å². The quantitative estimate of drug-likeness (QED) is 0.366. The van der Waals surface area contributed by atoms with E-state index in [2.05, 4.69) is 41.8 Å². The molecule has 2 bridgehead atoms. The lowest BCUT2D eigenvalue weighted by Crippen LogP contribution is -2.50. The first-order valence-corrected chi connectivity index (χ1v) is 16.3.